The number of halogens is 1. The minimum Gasteiger partial charge on any atom is -0.379 e. The molecule has 4 nitrogen and oxygen atoms in total. The zero-order valence-corrected chi connectivity index (χ0v) is 14.6. The van der Waals surface area contributed by atoms with Crippen LogP contribution in [0.2, 0.25) is 5.02 Å². The Balaban J connectivity index is 1.63. The van der Waals surface area contributed by atoms with Gasteiger partial charge in [-0.2, -0.15) is 0 Å². The summed E-state index contributed by atoms with van der Waals surface area (Å²) in [6.07, 6.45) is 0. The van der Waals surface area contributed by atoms with E-state index in [4.69, 9.17) is 21.3 Å². The Hall–Kier alpha value is -1.20. The molecule has 0 unspecified atom stereocenters. The summed E-state index contributed by atoms with van der Waals surface area (Å²) in [6.45, 7) is 7.87. The lowest BCUT2D eigenvalue weighted by molar-refractivity contribution is 0.0136. The molecule has 124 valence electrons. The van der Waals surface area contributed by atoms with E-state index in [1.807, 2.05) is 18.2 Å². The highest BCUT2D eigenvalue weighted by Gasteiger charge is 2.18. The Kier molecular flexibility index (Phi) is 5.49. The number of para-hydroxylation sites is 1. The van der Waals surface area contributed by atoms with E-state index in [0.29, 0.717) is 11.1 Å². The molecular formula is C18H24ClN3O. The number of nitrogens with zero attached hydrogens (tertiary/aromatic N) is 3. The van der Waals surface area contributed by atoms with Crippen LogP contribution in [-0.4, -0.2) is 60.7 Å². The van der Waals surface area contributed by atoms with Crippen LogP contribution in [0, 0.1) is 0 Å². The lowest BCUT2D eigenvalue weighted by Gasteiger charge is -2.34. The lowest BCUT2D eigenvalue weighted by Crippen LogP contribution is -2.46. The highest BCUT2D eigenvalue weighted by atomic mass is 35.5. The average Bonchev–Trinajstić information content (AvgIpc) is 2.56. The summed E-state index contributed by atoms with van der Waals surface area (Å²) in [6, 6.07) is 10.6. The van der Waals surface area contributed by atoms with Gasteiger partial charge < -0.3 is 4.74 Å². The highest BCUT2D eigenvalue weighted by molar-refractivity contribution is 6.35. The van der Waals surface area contributed by atoms with Gasteiger partial charge in [-0.3, -0.25) is 9.80 Å². The average molecular weight is 334 g/mol. The molecule has 5 heteroatoms. The first-order valence-electron chi connectivity index (χ1n) is 8.18. The van der Waals surface area contributed by atoms with Crippen LogP contribution in [0.5, 0.6) is 0 Å². The number of benzene rings is 1. The van der Waals surface area contributed by atoms with Gasteiger partial charge >= 0.3 is 0 Å². The van der Waals surface area contributed by atoms with Crippen molar-refractivity contribution in [2.24, 2.45) is 0 Å². The van der Waals surface area contributed by atoms with Crippen molar-refractivity contribution in [3.63, 3.8) is 0 Å². The second kappa shape index (κ2) is 7.58. The van der Waals surface area contributed by atoms with Gasteiger partial charge in [0.1, 0.15) is 0 Å². The zero-order valence-electron chi connectivity index (χ0n) is 13.8. The van der Waals surface area contributed by atoms with Crippen LogP contribution in [0.25, 0.3) is 10.9 Å². The smallest absolute Gasteiger partial charge is 0.0891 e. The zero-order chi connectivity index (χ0) is 16.2. The van der Waals surface area contributed by atoms with Gasteiger partial charge in [-0.05, 0) is 26.1 Å². The fraction of sp³-hybridized carbons (Fsp3) is 0.500. The Morgan fingerprint density at radius 3 is 2.83 bits per heavy atom. The van der Waals surface area contributed by atoms with Crippen molar-refractivity contribution in [2.45, 2.75) is 19.5 Å². The van der Waals surface area contributed by atoms with E-state index in [1.165, 1.54) is 0 Å². The minimum absolute atomic E-state index is 0.521. The Morgan fingerprint density at radius 1 is 1.26 bits per heavy atom. The first-order chi connectivity index (χ1) is 11.1. The van der Waals surface area contributed by atoms with Gasteiger partial charge in [0.2, 0.25) is 0 Å². The molecule has 0 saturated carbocycles. The summed E-state index contributed by atoms with van der Waals surface area (Å²) >= 11 is 6.26. The Bertz CT molecular complexity index is 658. The van der Waals surface area contributed by atoms with Gasteiger partial charge in [-0.1, -0.05) is 29.8 Å². The summed E-state index contributed by atoms with van der Waals surface area (Å²) < 4.78 is 5.42. The number of ether oxygens (including phenoxy) is 1. The summed E-state index contributed by atoms with van der Waals surface area (Å²) in [4.78, 5) is 9.54. The minimum atomic E-state index is 0.521. The van der Waals surface area contributed by atoms with E-state index in [9.17, 15) is 0 Å². The van der Waals surface area contributed by atoms with Crippen molar-refractivity contribution >= 4 is 22.5 Å². The monoisotopic (exact) mass is 333 g/mol. The van der Waals surface area contributed by atoms with Crippen LogP contribution in [0.15, 0.2) is 30.3 Å². The lowest BCUT2D eigenvalue weighted by atomic mass is 10.2. The molecule has 1 aromatic carbocycles. The quantitative estimate of drug-likeness (QED) is 0.841. The molecule has 2 aromatic rings. The number of fused-ring (bicyclic) bond motifs is 1. The topological polar surface area (TPSA) is 28.6 Å². The van der Waals surface area contributed by atoms with Crippen molar-refractivity contribution in [3.8, 4) is 0 Å². The van der Waals surface area contributed by atoms with Crippen molar-refractivity contribution < 1.29 is 4.74 Å². The summed E-state index contributed by atoms with van der Waals surface area (Å²) in [7, 11) is 2.15. The number of pyridine rings is 1. The molecule has 0 amide bonds. The summed E-state index contributed by atoms with van der Waals surface area (Å²) in [5.41, 5.74) is 1.95. The predicted octanol–water partition coefficient (Wildman–Crippen LogP) is 3.04. The van der Waals surface area contributed by atoms with Gasteiger partial charge in [0.15, 0.2) is 0 Å². The van der Waals surface area contributed by atoms with Gasteiger partial charge in [-0.15, -0.1) is 0 Å². The van der Waals surface area contributed by atoms with Crippen molar-refractivity contribution in [2.75, 3.05) is 39.9 Å². The van der Waals surface area contributed by atoms with E-state index >= 15 is 0 Å². The second-order valence-corrected chi connectivity index (χ2v) is 6.72. The predicted molar refractivity (Wildman–Crippen MR) is 94.9 cm³/mol. The molecule has 0 spiro atoms. The maximum Gasteiger partial charge on any atom is 0.0891 e. The molecule has 0 N–H and O–H groups in total. The molecule has 2 heterocycles. The number of hydrogen-bond donors (Lipinski definition) is 0. The third kappa shape index (κ3) is 4.21. The van der Waals surface area contributed by atoms with Gasteiger partial charge in [-0.25, -0.2) is 4.98 Å². The molecule has 3 rings (SSSR count). The van der Waals surface area contributed by atoms with E-state index in [2.05, 4.69) is 35.9 Å². The van der Waals surface area contributed by atoms with E-state index in [1.54, 1.807) is 0 Å². The molecule has 1 fully saturated rings. The summed E-state index contributed by atoms with van der Waals surface area (Å²) in [5, 5.41) is 1.80. The van der Waals surface area contributed by atoms with Gasteiger partial charge in [0.25, 0.3) is 0 Å². The fourth-order valence-electron chi connectivity index (χ4n) is 3.17. The van der Waals surface area contributed by atoms with Crippen LogP contribution >= 0.6 is 11.6 Å². The maximum atomic E-state index is 6.26. The standard InChI is InChI=1S/C18H24ClN3O/c1-14(22-8-10-23-11-9-22)12-21(2)13-16-7-6-15-4-3-5-17(19)18(15)20-16/h3-7,14H,8-13H2,1-2H3/t14-/m0/s1. The Labute approximate surface area is 143 Å². The van der Waals surface area contributed by atoms with Crippen molar-refractivity contribution in [3.05, 3.63) is 41.0 Å². The van der Waals surface area contributed by atoms with Crippen LogP contribution in [0.3, 0.4) is 0 Å². The molecule has 1 aliphatic rings. The van der Waals surface area contributed by atoms with Crippen LogP contribution in [0.4, 0.5) is 0 Å². The highest BCUT2D eigenvalue weighted by Crippen LogP contribution is 2.21. The number of aromatic nitrogens is 1. The number of likely N-dealkylation sites (N-methyl/N-ethyl adjacent to an activating group) is 1. The number of hydrogen-bond acceptors (Lipinski definition) is 4. The molecule has 0 bridgehead atoms. The molecular weight excluding hydrogens is 310 g/mol. The SMILES string of the molecule is C[C@@H](CN(C)Cc1ccc2cccc(Cl)c2n1)N1CCOCC1. The largest absolute Gasteiger partial charge is 0.379 e. The molecule has 23 heavy (non-hydrogen) atoms. The van der Waals surface area contributed by atoms with Gasteiger partial charge in [0, 0.05) is 37.6 Å². The third-order valence-corrected chi connectivity index (χ3v) is 4.71. The van der Waals surface area contributed by atoms with Gasteiger partial charge in [0.05, 0.1) is 29.4 Å². The molecule has 1 saturated heterocycles. The fourth-order valence-corrected chi connectivity index (χ4v) is 3.39. The van der Waals surface area contributed by atoms with Crippen LogP contribution in [0.1, 0.15) is 12.6 Å². The first-order valence-corrected chi connectivity index (χ1v) is 8.56. The van der Waals surface area contributed by atoms with E-state index in [0.717, 1.165) is 56.0 Å². The van der Waals surface area contributed by atoms with E-state index < -0.39 is 0 Å². The molecule has 1 aliphatic heterocycles. The Morgan fingerprint density at radius 2 is 2.04 bits per heavy atom. The van der Waals surface area contributed by atoms with Crippen molar-refractivity contribution in [1.29, 1.82) is 0 Å². The second-order valence-electron chi connectivity index (χ2n) is 6.31. The number of rotatable bonds is 5. The van der Waals surface area contributed by atoms with E-state index in [-0.39, 0.29) is 0 Å². The first kappa shape index (κ1) is 16.7. The van der Waals surface area contributed by atoms with Crippen LogP contribution < -0.4 is 0 Å². The normalized spacial score (nSPS) is 17.7. The molecule has 1 atom stereocenters. The van der Waals surface area contributed by atoms with Crippen LogP contribution in [-0.2, 0) is 11.3 Å². The molecule has 1 aromatic heterocycles. The summed E-state index contributed by atoms with van der Waals surface area (Å²) in [5.74, 6) is 0. The van der Waals surface area contributed by atoms with Crippen molar-refractivity contribution in [1.82, 2.24) is 14.8 Å². The maximum absolute atomic E-state index is 6.26. The molecule has 0 aliphatic carbocycles. The molecule has 0 radical (unpaired) electrons. The number of morpholine rings is 1. The third-order valence-electron chi connectivity index (χ3n) is 4.41.